The molecule has 3 heteroatoms. The van der Waals surface area contributed by atoms with Crippen molar-refractivity contribution in [2.45, 2.75) is 12.1 Å². The smallest absolute Gasteiger partial charge is 0.169 e. The average Bonchev–Trinajstić information content (AvgIpc) is 2.99. The first-order valence-corrected chi connectivity index (χ1v) is 6.97. The first kappa shape index (κ1) is 11.7. The number of fused-ring (bicyclic) bond motifs is 3. The summed E-state index contributed by atoms with van der Waals surface area (Å²) >= 11 is 0. The van der Waals surface area contributed by atoms with Crippen molar-refractivity contribution in [3.8, 4) is 0 Å². The number of amidine groups is 1. The molecule has 0 unspecified atom stereocenters. The quantitative estimate of drug-likeness (QED) is 0.856. The largest absolute Gasteiger partial charge is 0.366 e. The second kappa shape index (κ2) is 4.18. The molecule has 2 heterocycles. The minimum absolute atomic E-state index is 0.603. The Morgan fingerprint density at radius 3 is 2.60 bits per heavy atom. The van der Waals surface area contributed by atoms with Crippen molar-refractivity contribution >= 4 is 5.84 Å². The van der Waals surface area contributed by atoms with E-state index in [2.05, 4.69) is 17.1 Å². The zero-order valence-corrected chi connectivity index (χ0v) is 11.2. The molecule has 0 aliphatic carbocycles. The molecule has 2 aliphatic heterocycles. The molecule has 0 radical (unpaired) electrons. The third-order valence-corrected chi connectivity index (χ3v) is 4.22. The number of hydrogen-bond acceptors (Lipinski definition) is 3. The van der Waals surface area contributed by atoms with Crippen LogP contribution in [0.1, 0.15) is 16.7 Å². The van der Waals surface area contributed by atoms with E-state index in [-0.39, 0.29) is 0 Å². The molecular formula is C17H16N2O. The van der Waals surface area contributed by atoms with Crippen molar-refractivity contribution in [1.29, 1.82) is 0 Å². The van der Waals surface area contributed by atoms with Gasteiger partial charge in [-0.15, -0.1) is 0 Å². The van der Waals surface area contributed by atoms with Crippen molar-refractivity contribution < 1.29 is 5.11 Å². The molecule has 1 atom stereocenters. The maximum atomic E-state index is 11.3. The van der Waals surface area contributed by atoms with Gasteiger partial charge in [-0.2, -0.15) is 0 Å². The molecule has 2 aromatic carbocycles. The van der Waals surface area contributed by atoms with E-state index in [0.29, 0.717) is 6.42 Å². The zero-order chi connectivity index (χ0) is 13.6. The van der Waals surface area contributed by atoms with Crippen LogP contribution < -0.4 is 0 Å². The van der Waals surface area contributed by atoms with E-state index in [1.54, 1.807) is 0 Å². The highest BCUT2D eigenvalue weighted by Gasteiger charge is 2.44. The Morgan fingerprint density at radius 1 is 1.00 bits per heavy atom. The Hall–Kier alpha value is -2.13. The Labute approximate surface area is 118 Å². The van der Waals surface area contributed by atoms with Crippen molar-refractivity contribution in [1.82, 2.24) is 4.90 Å². The van der Waals surface area contributed by atoms with Gasteiger partial charge in [0.1, 0.15) is 5.84 Å². The highest BCUT2D eigenvalue weighted by molar-refractivity contribution is 6.02. The van der Waals surface area contributed by atoms with E-state index in [1.807, 2.05) is 47.4 Å². The van der Waals surface area contributed by atoms with Gasteiger partial charge in [0.25, 0.3) is 0 Å². The van der Waals surface area contributed by atoms with Gasteiger partial charge in [0, 0.05) is 24.1 Å². The predicted octanol–water partition coefficient (Wildman–Crippen LogP) is 2.15. The molecule has 2 aliphatic rings. The minimum Gasteiger partial charge on any atom is -0.366 e. The first-order chi connectivity index (χ1) is 9.79. The van der Waals surface area contributed by atoms with Gasteiger partial charge in [0.15, 0.2) is 5.72 Å². The maximum Gasteiger partial charge on any atom is 0.169 e. The van der Waals surface area contributed by atoms with Crippen molar-refractivity contribution in [2.24, 2.45) is 4.99 Å². The Bertz CT molecular complexity index is 680. The second-order valence-corrected chi connectivity index (χ2v) is 5.37. The number of nitrogens with zero attached hydrogens (tertiary/aromatic N) is 2. The average molecular weight is 264 g/mol. The summed E-state index contributed by atoms with van der Waals surface area (Å²) in [6.45, 7) is 1.52. The molecule has 0 saturated carbocycles. The summed E-state index contributed by atoms with van der Waals surface area (Å²) in [4.78, 5) is 6.65. The fourth-order valence-electron chi connectivity index (χ4n) is 3.25. The minimum atomic E-state index is -0.981. The topological polar surface area (TPSA) is 35.8 Å². The van der Waals surface area contributed by atoms with E-state index >= 15 is 0 Å². The Morgan fingerprint density at radius 2 is 1.75 bits per heavy atom. The van der Waals surface area contributed by atoms with Crippen LogP contribution in [-0.2, 0) is 12.1 Å². The lowest BCUT2D eigenvalue weighted by Gasteiger charge is -2.43. The van der Waals surface area contributed by atoms with Crippen LogP contribution in [0.5, 0.6) is 0 Å². The summed E-state index contributed by atoms with van der Waals surface area (Å²) in [5.74, 6) is 0.929. The van der Waals surface area contributed by atoms with Gasteiger partial charge in [0.05, 0.1) is 6.54 Å². The van der Waals surface area contributed by atoms with Gasteiger partial charge < -0.3 is 10.0 Å². The number of aliphatic hydroxyl groups is 1. The summed E-state index contributed by atoms with van der Waals surface area (Å²) in [6, 6.07) is 18.1. The molecule has 2 aromatic rings. The van der Waals surface area contributed by atoms with Gasteiger partial charge in [0.2, 0.25) is 0 Å². The normalized spacial score (nSPS) is 24.1. The Kier molecular flexibility index (Phi) is 2.44. The molecule has 20 heavy (non-hydrogen) atoms. The standard InChI is InChI=1S/C17H16N2O/c20-17(14-7-2-1-3-8-14)12-13-6-4-5-9-15(13)16-18-10-11-19(16)17/h1-9,20H,10-12H2/t17-/m1/s1. The molecule has 4 rings (SSSR count). The SMILES string of the molecule is O[C@@]1(c2ccccc2)Cc2ccccc2C2=NCCN21. The van der Waals surface area contributed by atoms with Gasteiger partial charge >= 0.3 is 0 Å². The summed E-state index contributed by atoms with van der Waals surface area (Å²) in [5.41, 5.74) is 2.27. The van der Waals surface area contributed by atoms with Crippen molar-refractivity contribution in [3.05, 3.63) is 71.3 Å². The third-order valence-electron chi connectivity index (χ3n) is 4.22. The third kappa shape index (κ3) is 1.53. The fraction of sp³-hybridized carbons (Fsp3) is 0.235. The summed E-state index contributed by atoms with van der Waals surface area (Å²) in [6.07, 6.45) is 0.603. The van der Waals surface area contributed by atoms with Crippen LogP contribution in [0, 0.1) is 0 Å². The van der Waals surface area contributed by atoms with Crippen LogP contribution in [0.2, 0.25) is 0 Å². The summed E-state index contributed by atoms with van der Waals surface area (Å²) < 4.78 is 0. The van der Waals surface area contributed by atoms with Gasteiger partial charge in [-0.3, -0.25) is 4.99 Å². The van der Waals surface area contributed by atoms with Crippen molar-refractivity contribution in [3.63, 3.8) is 0 Å². The number of benzene rings is 2. The fourth-order valence-corrected chi connectivity index (χ4v) is 3.25. The molecule has 0 spiro atoms. The van der Waals surface area contributed by atoms with Crippen LogP contribution in [0.4, 0.5) is 0 Å². The van der Waals surface area contributed by atoms with Crippen LogP contribution in [-0.4, -0.2) is 28.9 Å². The monoisotopic (exact) mass is 264 g/mol. The number of rotatable bonds is 1. The lowest BCUT2D eigenvalue weighted by atomic mass is 9.86. The van der Waals surface area contributed by atoms with Crippen LogP contribution in [0.15, 0.2) is 59.6 Å². The van der Waals surface area contributed by atoms with Gasteiger partial charge in [-0.1, -0.05) is 54.6 Å². The molecule has 0 bridgehead atoms. The summed E-state index contributed by atoms with van der Waals surface area (Å²) in [5, 5.41) is 11.3. The highest BCUT2D eigenvalue weighted by atomic mass is 16.3. The second-order valence-electron chi connectivity index (χ2n) is 5.37. The van der Waals surface area contributed by atoms with Crippen LogP contribution >= 0.6 is 0 Å². The number of hydrogen-bond donors (Lipinski definition) is 1. The van der Waals surface area contributed by atoms with Gasteiger partial charge in [-0.25, -0.2) is 0 Å². The highest BCUT2D eigenvalue weighted by Crippen LogP contribution is 2.38. The molecule has 0 saturated heterocycles. The molecule has 0 aromatic heterocycles. The lowest BCUT2D eigenvalue weighted by molar-refractivity contribution is -0.0745. The van der Waals surface area contributed by atoms with Gasteiger partial charge in [-0.05, 0) is 5.56 Å². The van der Waals surface area contributed by atoms with E-state index in [1.165, 1.54) is 0 Å². The molecule has 100 valence electrons. The van der Waals surface area contributed by atoms with Crippen LogP contribution in [0.25, 0.3) is 0 Å². The van der Waals surface area contributed by atoms with Crippen molar-refractivity contribution in [2.75, 3.05) is 13.1 Å². The predicted molar refractivity (Wildman–Crippen MR) is 78.6 cm³/mol. The first-order valence-electron chi connectivity index (χ1n) is 6.97. The van der Waals surface area contributed by atoms with E-state index < -0.39 is 5.72 Å². The maximum absolute atomic E-state index is 11.3. The molecular weight excluding hydrogens is 248 g/mol. The molecule has 3 nitrogen and oxygen atoms in total. The lowest BCUT2D eigenvalue weighted by Crippen LogP contribution is -2.53. The number of aliphatic imine (C=N–C) groups is 1. The van der Waals surface area contributed by atoms with E-state index in [9.17, 15) is 5.11 Å². The molecule has 0 fully saturated rings. The van der Waals surface area contributed by atoms with E-state index in [0.717, 1.165) is 35.6 Å². The Balaban J connectivity index is 1.90. The summed E-state index contributed by atoms with van der Waals surface area (Å²) in [7, 11) is 0. The molecule has 0 amide bonds. The zero-order valence-electron chi connectivity index (χ0n) is 11.2. The van der Waals surface area contributed by atoms with Crippen LogP contribution in [0.3, 0.4) is 0 Å². The molecule has 1 N–H and O–H groups in total. The van der Waals surface area contributed by atoms with E-state index in [4.69, 9.17) is 0 Å².